The van der Waals surface area contributed by atoms with Crippen LogP contribution in [0.5, 0.6) is 5.75 Å². The number of nitro benzene ring substituents is 1. The number of hydrogen-bond acceptors (Lipinski definition) is 5. The van der Waals surface area contributed by atoms with E-state index in [9.17, 15) is 10.1 Å². The van der Waals surface area contributed by atoms with Gasteiger partial charge in [-0.1, -0.05) is 0 Å². The molecule has 0 aliphatic rings. The molecule has 6 nitrogen and oxygen atoms in total. The summed E-state index contributed by atoms with van der Waals surface area (Å²) in [4.78, 5) is 10.3. The molecule has 1 aromatic carbocycles. The van der Waals surface area contributed by atoms with Crippen LogP contribution in [0.1, 0.15) is 12.5 Å². The molecule has 0 aromatic heterocycles. The number of nitrogens with two attached hydrogens (primary N) is 1. The standard InChI is InChI=1S/C10H14N2O4/c1-10(11,6-13)8-4-3-7(16-2)5-9(8)12(14)15/h3-5,13H,6,11H2,1-2H3. The molecular formula is C10H14N2O4. The highest BCUT2D eigenvalue weighted by Crippen LogP contribution is 2.31. The highest BCUT2D eigenvalue weighted by molar-refractivity contribution is 5.49. The lowest BCUT2D eigenvalue weighted by atomic mass is 9.92. The molecule has 1 atom stereocenters. The van der Waals surface area contributed by atoms with E-state index < -0.39 is 10.5 Å². The van der Waals surface area contributed by atoms with Gasteiger partial charge >= 0.3 is 0 Å². The Labute approximate surface area is 92.8 Å². The topological polar surface area (TPSA) is 98.6 Å². The Morgan fingerprint density at radius 2 is 2.25 bits per heavy atom. The molecule has 0 amide bonds. The maximum absolute atomic E-state index is 10.9. The Morgan fingerprint density at radius 1 is 1.62 bits per heavy atom. The molecule has 1 rings (SSSR count). The summed E-state index contributed by atoms with van der Waals surface area (Å²) in [6.07, 6.45) is 0. The van der Waals surface area contributed by atoms with Crippen molar-refractivity contribution in [1.82, 2.24) is 0 Å². The van der Waals surface area contributed by atoms with Crippen LogP contribution in [0.4, 0.5) is 5.69 Å². The average molecular weight is 226 g/mol. The van der Waals surface area contributed by atoms with Crippen molar-refractivity contribution in [3.05, 3.63) is 33.9 Å². The predicted molar refractivity (Wildman–Crippen MR) is 58.3 cm³/mol. The summed E-state index contributed by atoms with van der Waals surface area (Å²) in [5.41, 5.74) is 4.75. The van der Waals surface area contributed by atoms with Crippen LogP contribution in [-0.4, -0.2) is 23.7 Å². The van der Waals surface area contributed by atoms with Crippen molar-refractivity contribution in [2.45, 2.75) is 12.5 Å². The van der Waals surface area contributed by atoms with Gasteiger partial charge in [-0.25, -0.2) is 0 Å². The summed E-state index contributed by atoms with van der Waals surface area (Å²) < 4.78 is 4.90. The van der Waals surface area contributed by atoms with Gasteiger partial charge in [-0.3, -0.25) is 10.1 Å². The molecule has 0 bridgehead atoms. The molecule has 0 aliphatic carbocycles. The first-order valence-electron chi connectivity index (χ1n) is 4.65. The Balaban J connectivity index is 3.34. The van der Waals surface area contributed by atoms with Gasteiger partial charge in [0.1, 0.15) is 5.75 Å². The van der Waals surface area contributed by atoms with E-state index in [0.29, 0.717) is 5.75 Å². The van der Waals surface area contributed by atoms with Crippen LogP contribution < -0.4 is 10.5 Å². The van der Waals surface area contributed by atoms with E-state index in [1.54, 1.807) is 6.07 Å². The maximum Gasteiger partial charge on any atom is 0.278 e. The molecular weight excluding hydrogens is 212 g/mol. The zero-order chi connectivity index (χ0) is 12.3. The molecule has 0 aliphatic heterocycles. The monoisotopic (exact) mass is 226 g/mol. The first-order valence-corrected chi connectivity index (χ1v) is 4.65. The Morgan fingerprint density at radius 3 is 2.69 bits per heavy atom. The number of aliphatic hydroxyl groups excluding tert-OH is 1. The number of ether oxygens (including phenoxy) is 1. The minimum absolute atomic E-state index is 0.154. The summed E-state index contributed by atoms with van der Waals surface area (Å²) in [6.45, 7) is 1.15. The molecule has 88 valence electrons. The summed E-state index contributed by atoms with van der Waals surface area (Å²) >= 11 is 0. The zero-order valence-corrected chi connectivity index (χ0v) is 9.14. The van der Waals surface area contributed by atoms with E-state index in [1.807, 2.05) is 0 Å². The summed E-state index contributed by atoms with van der Waals surface area (Å²) in [7, 11) is 1.42. The number of rotatable bonds is 4. The summed E-state index contributed by atoms with van der Waals surface area (Å²) in [5.74, 6) is 0.379. The van der Waals surface area contributed by atoms with E-state index in [1.165, 1.54) is 26.2 Å². The molecule has 0 fully saturated rings. The van der Waals surface area contributed by atoms with Gasteiger partial charge < -0.3 is 15.6 Å². The second-order valence-electron chi connectivity index (χ2n) is 3.72. The van der Waals surface area contributed by atoms with Crippen LogP contribution in [0.2, 0.25) is 0 Å². The SMILES string of the molecule is COc1ccc(C(C)(N)CO)c([N+](=O)[O-])c1. The molecule has 0 spiro atoms. The number of aliphatic hydroxyl groups is 1. The number of nitro groups is 1. The molecule has 16 heavy (non-hydrogen) atoms. The fourth-order valence-corrected chi connectivity index (χ4v) is 1.36. The molecule has 1 aromatic rings. The van der Waals surface area contributed by atoms with Crippen molar-refractivity contribution < 1.29 is 14.8 Å². The van der Waals surface area contributed by atoms with Crippen LogP contribution >= 0.6 is 0 Å². The fraction of sp³-hybridized carbons (Fsp3) is 0.400. The van der Waals surface area contributed by atoms with E-state index >= 15 is 0 Å². The second kappa shape index (κ2) is 4.46. The van der Waals surface area contributed by atoms with Gasteiger partial charge in [0.2, 0.25) is 0 Å². The number of benzene rings is 1. The average Bonchev–Trinajstić information content (AvgIpc) is 2.28. The van der Waals surface area contributed by atoms with Crippen molar-refractivity contribution in [3.8, 4) is 5.75 Å². The quantitative estimate of drug-likeness (QED) is 0.583. The molecule has 0 radical (unpaired) electrons. The first-order chi connectivity index (χ1) is 7.42. The molecule has 3 N–H and O–H groups in total. The van der Waals surface area contributed by atoms with Gasteiger partial charge in [0.15, 0.2) is 0 Å². The largest absolute Gasteiger partial charge is 0.497 e. The third-order valence-corrected chi connectivity index (χ3v) is 2.35. The van der Waals surface area contributed by atoms with Crippen LogP contribution in [0, 0.1) is 10.1 Å². The van der Waals surface area contributed by atoms with E-state index in [4.69, 9.17) is 15.6 Å². The second-order valence-corrected chi connectivity index (χ2v) is 3.72. The third-order valence-electron chi connectivity index (χ3n) is 2.35. The van der Waals surface area contributed by atoms with Crippen molar-refractivity contribution in [1.29, 1.82) is 0 Å². The van der Waals surface area contributed by atoms with Crippen LogP contribution in [0.15, 0.2) is 18.2 Å². The number of nitrogens with zero attached hydrogens (tertiary/aromatic N) is 1. The van der Waals surface area contributed by atoms with Gasteiger partial charge in [-0.15, -0.1) is 0 Å². The molecule has 6 heteroatoms. The smallest absolute Gasteiger partial charge is 0.278 e. The molecule has 1 unspecified atom stereocenters. The van der Waals surface area contributed by atoms with Crippen molar-refractivity contribution >= 4 is 5.69 Å². The van der Waals surface area contributed by atoms with Crippen molar-refractivity contribution in [2.24, 2.45) is 5.73 Å². The minimum Gasteiger partial charge on any atom is -0.497 e. The third kappa shape index (κ3) is 2.29. The van der Waals surface area contributed by atoms with Gasteiger partial charge in [0.25, 0.3) is 5.69 Å². The highest BCUT2D eigenvalue weighted by atomic mass is 16.6. The molecule has 0 saturated heterocycles. The Bertz CT molecular complexity index is 404. The lowest BCUT2D eigenvalue weighted by Gasteiger charge is -2.22. The lowest BCUT2D eigenvalue weighted by Crippen LogP contribution is -2.37. The lowest BCUT2D eigenvalue weighted by molar-refractivity contribution is -0.386. The predicted octanol–water partition coefficient (Wildman–Crippen LogP) is 0.770. The number of methoxy groups -OCH3 is 1. The van der Waals surface area contributed by atoms with Gasteiger partial charge in [-0.05, 0) is 19.1 Å². The minimum atomic E-state index is -1.14. The van der Waals surface area contributed by atoms with Crippen LogP contribution in [-0.2, 0) is 5.54 Å². The zero-order valence-electron chi connectivity index (χ0n) is 9.14. The normalized spacial score (nSPS) is 14.2. The van der Waals surface area contributed by atoms with Gasteiger partial charge in [-0.2, -0.15) is 0 Å². The molecule has 0 heterocycles. The van der Waals surface area contributed by atoms with Gasteiger partial charge in [0, 0.05) is 0 Å². The first kappa shape index (κ1) is 12.4. The van der Waals surface area contributed by atoms with Crippen LogP contribution in [0.25, 0.3) is 0 Å². The fourth-order valence-electron chi connectivity index (χ4n) is 1.36. The summed E-state index contributed by atoms with van der Waals surface area (Å²) in [5, 5.41) is 20.0. The molecule has 0 saturated carbocycles. The summed E-state index contributed by atoms with van der Waals surface area (Å²) in [6, 6.07) is 4.35. The van der Waals surface area contributed by atoms with E-state index in [0.717, 1.165) is 0 Å². The Hall–Kier alpha value is -1.66. The van der Waals surface area contributed by atoms with Crippen molar-refractivity contribution in [2.75, 3.05) is 13.7 Å². The van der Waals surface area contributed by atoms with Gasteiger partial charge in [0.05, 0.1) is 35.8 Å². The Kier molecular flexibility index (Phi) is 3.46. The van der Waals surface area contributed by atoms with E-state index in [2.05, 4.69) is 0 Å². The van der Waals surface area contributed by atoms with Crippen molar-refractivity contribution in [3.63, 3.8) is 0 Å². The van der Waals surface area contributed by atoms with Crippen LogP contribution in [0.3, 0.4) is 0 Å². The maximum atomic E-state index is 10.9. The number of hydrogen-bond donors (Lipinski definition) is 2. The highest BCUT2D eigenvalue weighted by Gasteiger charge is 2.29. The van der Waals surface area contributed by atoms with E-state index in [-0.39, 0.29) is 17.9 Å².